The monoisotopic (exact) mass is 242 g/mol. The van der Waals surface area contributed by atoms with Crippen molar-refractivity contribution < 1.29 is 0 Å². The van der Waals surface area contributed by atoms with Crippen LogP contribution >= 0.6 is 23.5 Å². The van der Waals surface area contributed by atoms with Gasteiger partial charge in [0.05, 0.1) is 11.4 Å². The van der Waals surface area contributed by atoms with Crippen molar-refractivity contribution >= 4 is 34.9 Å². The van der Waals surface area contributed by atoms with Gasteiger partial charge < -0.3 is 11.5 Å². The molecule has 0 aliphatic carbocycles. The standard InChI is InChI=1S/C11H18N2S2/c1-4-14-8-6-9(15-5-2)11(13)7(3)10(8)12/h6H,4-5,12-13H2,1-3H3. The second-order valence-corrected chi connectivity index (χ2v) is 5.80. The summed E-state index contributed by atoms with van der Waals surface area (Å²) in [5.74, 6) is 2.06. The Balaban J connectivity index is 3.19. The second-order valence-electron chi connectivity index (χ2n) is 3.19. The molecule has 0 saturated carbocycles. The Labute approximate surface area is 100 Å². The third-order valence-corrected chi connectivity index (χ3v) is 4.08. The van der Waals surface area contributed by atoms with E-state index in [1.54, 1.807) is 23.5 Å². The molecule has 4 heteroatoms. The van der Waals surface area contributed by atoms with Crippen molar-refractivity contribution in [3.63, 3.8) is 0 Å². The van der Waals surface area contributed by atoms with Crippen LogP contribution in [-0.4, -0.2) is 11.5 Å². The number of nitrogens with two attached hydrogens (primary N) is 2. The molecule has 1 aromatic carbocycles. The molecule has 0 bridgehead atoms. The zero-order valence-corrected chi connectivity index (χ0v) is 11.1. The van der Waals surface area contributed by atoms with Crippen molar-refractivity contribution in [3.8, 4) is 0 Å². The number of thioether (sulfide) groups is 2. The van der Waals surface area contributed by atoms with Crippen molar-refractivity contribution in [2.24, 2.45) is 0 Å². The number of benzene rings is 1. The van der Waals surface area contributed by atoms with Gasteiger partial charge in [-0.2, -0.15) is 0 Å². The van der Waals surface area contributed by atoms with Crippen LogP contribution in [0.3, 0.4) is 0 Å². The van der Waals surface area contributed by atoms with Crippen molar-refractivity contribution in [2.45, 2.75) is 30.6 Å². The molecule has 0 aromatic heterocycles. The van der Waals surface area contributed by atoms with E-state index in [1.807, 2.05) is 6.92 Å². The van der Waals surface area contributed by atoms with E-state index >= 15 is 0 Å². The molecule has 0 unspecified atom stereocenters. The number of rotatable bonds is 4. The Morgan fingerprint density at radius 3 is 1.73 bits per heavy atom. The predicted octanol–water partition coefficient (Wildman–Crippen LogP) is 3.38. The number of hydrogen-bond donors (Lipinski definition) is 2. The molecule has 15 heavy (non-hydrogen) atoms. The summed E-state index contributed by atoms with van der Waals surface area (Å²) in [6.07, 6.45) is 0. The lowest BCUT2D eigenvalue weighted by Gasteiger charge is -2.14. The molecule has 0 spiro atoms. The maximum absolute atomic E-state index is 6.02. The molecule has 1 aromatic rings. The van der Waals surface area contributed by atoms with Gasteiger partial charge in [0.25, 0.3) is 0 Å². The lowest BCUT2D eigenvalue weighted by Crippen LogP contribution is -2.00. The Kier molecular flexibility index (Phi) is 4.67. The molecule has 0 saturated heterocycles. The predicted molar refractivity (Wildman–Crippen MR) is 72.8 cm³/mol. The average molecular weight is 242 g/mol. The van der Waals surface area contributed by atoms with E-state index in [2.05, 4.69) is 19.9 Å². The third-order valence-electron chi connectivity index (χ3n) is 2.20. The van der Waals surface area contributed by atoms with Crippen LogP contribution in [0.5, 0.6) is 0 Å². The van der Waals surface area contributed by atoms with Crippen molar-refractivity contribution in [1.82, 2.24) is 0 Å². The number of anilines is 2. The summed E-state index contributed by atoms with van der Waals surface area (Å²) in [6.45, 7) is 6.25. The molecule has 0 amide bonds. The molecule has 0 aliphatic heterocycles. The smallest absolute Gasteiger partial charge is 0.0503 e. The lowest BCUT2D eigenvalue weighted by atomic mass is 10.1. The summed E-state index contributed by atoms with van der Waals surface area (Å²) in [6, 6.07) is 2.11. The van der Waals surface area contributed by atoms with Gasteiger partial charge in [0.15, 0.2) is 0 Å². The Hall–Kier alpha value is -0.480. The molecular weight excluding hydrogens is 224 g/mol. The fraction of sp³-hybridized carbons (Fsp3) is 0.455. The van der Waals surface area contributed by atoms with Gasteiger partial charge >= 0.3 is 0 Å². The fourth-order valence-corrected chi connectivity index (χ4v) is 3.06. The quantitative estimate of drug-likeness (QED) is 0.628. The molecule has 4 N–H and O–H groups in total. The van der Waals surface area contributed by atoms with Crippen LogP contribution in [0, 0.1) is 6.92 Å². The van der Waals surface area contributed by atoms with E-state index in [1.165, 1.54) is 0 Å². The van der Waals surface area contributed by atoms with Crippen LogP contribution in [-0.2, 0) is 0 Å². The zero-order chi connectivity index (χ0) is 11.4. The van der Waals surface area contributed by atoms with E-state index in [-0.39, 0.29) is 0 Å². The third kappa shape index (κ3) is 2.75. The Morgan fingerprint density at radius 1 is 1.00 bits per heavy atom. The normalized spacial score (nSPS) is 10.6. The van der Waals surface area contributed by atoms with E-state index in [9.17, 15) is 0 Å². The van der Waals surface area contributed by atoms with Crippen LogP contribution in [0.4, 0.5) is 11.4 Å². The second kappa shape index (κ2) is 5.56. The highest BCUT2D eigenvalue weighted by atomic mass is 32.2. The summed E-state index contributed by atoms with van der Waals surface area (Å²) in [7, 11) is 0. The van der Waals surface area contributed by atoms with Crippen LogP contribution in [0.25, 0.3) is 0 Å². The van der Waals surface area contributed by atoms with Gasteiger partial charge in [-0.25, -0.2) is 0 Å². The topological polar surface area (TPSA) is 52.0 Å². The first-order valence-electron chi connectivity index (χ1n) is 5.05. The van der Waals surface area contributed by atoms with Gasteiger partial charge in [0, 0.05) is 9.79 Å². The summed E-state index contributed by atoms with van der Waals surface area (Å²) in [5, 5.41) is 0. The van der Waals surface area contributed by atoms with Gasteiger partial charge in [-0.3, -0.25) is 0 Å². The Morgan fingerprint density at radius 2 is 1.40 bits per heavy atom. The van der Waals surface area contributed by atoms with Crippen molar-refractivity contribution in [1.29, 1.82) is 0 Å². The molecule has 1 rings (SSSR count). The van der Waals surface area contributed by atoms with Crippen LogP contribution in [0.2, 0.25) is 0 Å². The van der Waals surface area contributed by atoms with Crippen LogP contribution < -0.4 is 11.5 Å². The molecule has 0 fully saturated rings. The number of hydrogen-bond acceptors (Lipinski definition) is 4. The van der Waals surface area contributed by atoms with E-state index < -0.39 is 0 Å². The van der Waals surface area contributed by atoms with Gasteiger partial charge in [0.2, 0.25) is 0 Å². The lowest BCUT2D eigenvalue weighted by molar-refractivity contribution is 1.27. The van der Waals surface area contributed by atoms with E-state index in [0.717, 1.165) is 38.2 Å². The minimum Gasteiger partial charge on any atom is -0.398 e. The fourth-order valence-electron chi connectivity index (χ4n) is 1.34. The highest BCUT2D eigenvalue weighted by Gasteiger charge is 2.10. The average Bonchev–Trinajstić information content (AvgIpc) is 2.22. The van der Waals surface area contributed by atoms with Gasteiger partial charge in [-0.15, -0.1) is 23.5 Å². The van der Waals surface area contributed by atoms with Crippen molar-refractivity contribution in [3.05, 3.63) is 11.6 Å². The van der Waals surface area contributed by atoms with E-state index in [4.69, 9.17) is 11.5 Å². The zero-order valence-electron chi connectivity index (χ0n) is 9.46. The molecule has 2 nitrogen and oxygen atoms in total. The number of nitrogen functional groups attached to an aromatic ring is 2. The Bertz CT molecular complexity index is 321. The summed E-state index contributed by atoms with van der Waals surface area (Å²) >= 11 is 3.54. The van der Waals surface area contributed by atoms with Crippen molar-refractivity contribution in [2.75, 3.05) is 23.0 Å². The molecule has 0 heterocycles. The summed E-state index contributed by atoms with van der Waals surface area (Å²) in [5.41, 5.74) is 14.7. The molecule has 0 aliphatic rings. The maximum Gasteiger partial charge on any atom is 0.0503 e. The summed E-state index contributed by atoms with van der Waals surface area (Å²) < 4.78 is 0. The highest BCUT2D eigenvalue weighted by Crippen LogP contribution is 2.37. The van der Waals surface area contributed by atoms with Gasteiger partial charge in [0.1, 0.15) is 0 Å². The molecule has 0 radical (unpaired) electrons. The molecule has 84 valence electrons. The van der Waals surface area contributed by atoms with Gasteiger partial charge in [-0.1, -0.05) is 13.8 Å². The molecular formula is C11H18N2S2. The SMILES string of the molecule is CCSc1cc(SCC)c(N)c(C)c1N. The first kappa shape index (κ1) is 12.6. The van der Waals surface area contributed by atoms with Crippen LogP contribution in [0.15, 0.2) is 15.9 Å². The minimum atomic E-state index is 0.833. The van der Waals surface area contributed by atoms with Crippen LogP contribution in [0.1, 0.15) is 19.4 Å². The first-order chi connectivity index (χ1) is 7.11. The largest absolute Gasteiger partial charge is 0.398 e. The van der Waals surface area contributed by atoms with Gasteiger partial charge in [-0.05, 0) is 30.1 Å². The van der Waals surface area contributed by atoms with E-state index in [0.29, 0.717) is 0 Å². The highest BCUT2D eigenvalue weighted by molar-refractivity contribution is 8.00. The maximum atomic E-state index is 6.02. The first-order valence-corrected chi connectivity index (χ1v) is 7.03. The minimum absolute atomic E-state index is 0.833. The molecule has 0 atom stereocenters. The summed E-state index contributed by atoms with van der Waals surface area (Å²) in [4.78, 5) is 2.31.